The average Bonchev–Trinajstić information content (AvgIpc) is 2.59. The van der Waals surface area contributed by atoms with E-state index in [9.17, 15) is 0 Å². The van der Waals surface area contributed by atoms with Crippen LogP contribution in [0, 0.1) is 5.92 Å². The number of unbranched alkanes of at least 4 members (excludes halogenated alkanes) is 3. The Morgan fingerprint density at radius 1 is 1.38 bits per heavy atom. The van der Waals surface area contributed by atoms with Crippen molar-refractivity contribution < 1.29 is 9.47 Å². The predicted molar refractivity (Wildman–Crippen MR) is 67.4 cm³/mol. The Hall–Kier alpha value is -0.340. The lowest BCUT2D eigenvalue weighted by Crippen LogP contribution is -2.25. The molecule has 0 bridgehead atoms. The Morgan fingerprint density at radius 2 is 2.12 bits per heavy atom. The summed E-state index contributed by atoms with van der Waals surface area (Å²) in [7, 11) is 0. The van der Waals surface area contributed by atoms with Crippen molar-refractivity contribution in [1.82, 2.24) is 0 Å². The normalized spacial score (nSPS) is 25.6. The number of rotatable bonds is 7. The van der Waals surface area contributed by atoms with E-state index in [1.165, 1.54) is 32.1 Å². The quantitative estimate of drug-likeness (QED) is 0.484. The summed E-state index contributed by atoms with van der Waals surface area (Å²) in [6, 6.07) is 0. The van der Waals surface area contributed by atoms with E-state index in [2.05, 4.69) is 13.5 Å². The van der Waals surface area contributed by atoms with E-state index in [1.807, 2.05) is 19.9 Å². The van der Waals surface area contributed by atoms with Crippen LogP contribution in [-0.4, -0.2) is 18.5 Å². The van der Waals surface area contributed by atoms with Crippen molar-refractivity contribution in [1.29, 1.82) is 0 Å². The molecule has 2 atom stereocenters. The average molecular weight is 226 g/mol. The molecule has 0 spiro atoms. The van der Waals surface area contributed by atoms with Crippen LogP contribution >= 0.6 is 0 Å². The highest BCUT2D eigenvalue weighted by molar-refractivity contribution is 4.88. The molecule has 1 heterocycles. The summed E-state index contributed by atoms with van der Waals surface area (Å²) in [4.78, 5) is 0. The van der Waals surface area contributed by atoms with Crippen LogP contribution in [0.25, 0.3) is 0 Å². The molecule has 0 saturated carbocycles. The topological polar surface area (TPSA) is 18.5 Å². The monoisotopic (exact) mass is 226 g/mol. The Balaban J connectivity index is 2.29. The maximum Gasteiger partial charge on any atom is 0.163 e. The van der Waals surface area contributed by atoms with E-state index >= 15 is 0 Å². The lowest BCUT2D eigenvalue weighted by molar-refractivity contribution is -0.142. The zero-order chi connectivity index (χ0) is 12.0. The molecular weight excluding hydrogens is 200 g/mol. The smallest absolute Gasteiger partial charge is 0.163 e. The molecule has 1 rings (SSSR count). The molecule has 0 N–H and O–H groups in total. The lowest BCUT2D eigenvalue weighted by atomic mass is 9.95. The molecule has 0 amide bonds. The molecule has 0 aromatic carbocycles. The maximum absolute atomic E-state index is 5.87. The first-order chi connectivity index (χ1) is 7.59. The van der Waals surface area contributed by atoms with Crippen molar-refractivity contribution in [2.24, 2.45) is 5.92 Å². The molecular formula is C14H26O2. The zero-order valence-electron chi connectivity index (χ0n) is 11.0. The van der Waals surface area contributed by atoms with Crippen molar-refractivity contribution in [3.63, 3.8) is 0 Å². The lowest BCUT2D eigenvalue weighted by Gasteiger charge is -2.21. The van der Waals surface area contributed by atoms with Crippen LogP contribution < -0.4 is 0 Å². The number of hydrogen-bond donors (Lipinski definition) is 0. The fraction of sp³-hybridized carbons (Fsp3) is 0.857. The molecule has 0 aromatic heterocycles. The highest BCUT2D eigenvalue weighted by Gasteiger charge is 2.35. The largest absolute Gasteiger partial charge is 0.348 e. The molecule has 0 aliphatic carbocycles. The van der Waals surface area contributed by atoms with Gasteiger partial charge < -0.3 is 9.47 Å². The second kappa shape index (κ2) is 6.41. The Kier molecular flexibility index (Phi) is 5.50. The van der Waals surface area contributed by atoms with Crippen molar-refractivity contribution >= 4 is 0 Å². The zero-order valence-corrected chi connectivity index (χ0v) is 11.0. The minimum atomic E-state index is -0.407. The summed E-state index contributed by atoms with van der Waals surface area (Å²) in [5.41, 5.74) is 0. The van der Waals surface area contributed by atoms with E-state index in [-0.39, 0.29) is 6.10 Å². The fourth-order valence-electron chi connectivity index (χ4n) is 2.19. The van der Waals surface area contributed by atoms with Crippen LogP contribution in [-0.2, 0) is 9.47 Å². The third kappa shape index (κ3) is 4.26. The first kappa shape index (κ1) is 13.7. The first-order valence-corrected chi connectivity index (χ1v) is 6.53. The summed E-state index contributed by atoms with van der Waals surface area (Å²) in [6.07, 6.45) is 8.61. The summed E-state index contributed by atoms with van der Waals surface area (Å²) < 4.78 is 11.5. The molecule has 1 fully saturated rings. The van der Waals surface area contributed by atoms with Crippen molar-refractivity contribution in [3.05, 3.63) is 12.7 Å². The fourth-order valence-corrected chi connectivity index (χ4v) is 2.19. The van der Waals surface area contributed by atoms with Crippen molar-refractivity contribution in [2.45, 2.75) is 64.8 Å². The number of ether oxygens (including phenoxy) is 2. The second-order valence-corrected chi connectivity index (χ2v) is 5.12. The van der Waals surface area contributed by atoms with Gasteiger partial charge in [-0.1, -0.05) is 38.7 Å². The van der Waals surface area contributed by atoms with Crippen LogP contribution in [0.15, 0.2) is 12.7 Å². The van der Waals surface area contributed by atoms with E-state index < -0.39 is 5.79 Å². The maximum atomic E-state index is 5.87. The minimum Gasteiger partial charge on any atom is -0.348 e. The van der Waals surface area contributed by atoms with Gasteiger partial charge in [0.1, 0.15) is 0 Å². The van der Waals surface area contributed by atoms with Crippen LogP contribution in [0.5, 0.6) is 0 Å². The Labute approximate surface area is 100 Å². The summed E-state index contributed by atoms with van der Waals surface area (Å²) in [5, 5.41) is 0. The van der Waals surface area contributed by atoms with E-state index in [0.717, 1.165) is 0 Å². The molecule has 2 heteroatoms. The van der Waals surface area contributed by atoms with Crippen LogP contribution in [0.4, 0.5) is 0 Å². The van der Waals surface area contributed by atoms with E-state index in [1.54, 1.807) is 0 Å². The summed E-state index contributed by atoms with van der Waals surface area (Å²) in [5.74, 6) is 0.0358. The molecule has 1 aliphatic heterocycles. The molecule has 0 radical (unpaired) electrons. The highest BCUT2D eigenvalue weighted by atomic mass is 16.7. The second-order valence-electron chi connectivity index (χ2n) is 5.12. The standard InChI is InChI=1S/C14H26O2/c1-5-7-8-9-10-12(6-2)13-11-15-14(3,4)16-13/h6,12-13H,2,5,7-11H2,1,3-4H3/t12-,13+/m0/s1. The molecule has 0 aromatic rings. The molecule has 94 valence electrons. The molecule has 0 unspecified atom stereocenters. The summed E-state index contributed by atoms with van der Waals surface area (Å²) >= 11 is 0. The predicted octanol–water partition coefficient (Wildman–Crippen LogP) is 3.91. The summed E-state index contributed by atoms with van der Waals surface area (Å²) in [6.45, 7) is 10.8. The SMILES string of the molecule is C=C[C@@H](CCCCCC)[C@H]1COC(C)(C)O1. The molecule has 2 nitrogen and oxygen atoms in total. The first-order valence-electron chi connectivity index (χ1n) is 6.53. The number of hydrogen-bond acceptors (Lipinski definition) is 2. The molecule has 1 aliphatic rings. The van der Waals surface area contributed by atoms with Gasteiger partial charge in [0.15, 0.2) is 5.79 Å². The van der Waals surface area contributed by atoms with Gasteiger partial charge in [-0.2, -0.15) is 0 Å². The van der Waals surface area contributed by atoms with Crippen molar-refractivity contribution in [2.75, 3.05) is 6.61 Å². The van der Waals surface area contributed by atoms with Gasteiger partial charge in [0.05, 0.1) is 12.7 Å². The van der Waals surface area contributed by atoms with Crippen LogP contribution in [0.2, 0.25) is 0 Å². The van der Waals surface area contributed by atoms with Gasteiger partial charge in [0.25, 0.3) is 0 Å². The van der Waals surface area contributed by atoms with E-state index in [0.29, 0.717) is 12.5 Å². The van der Waals surface area contributed by atoms with E-state index in [4.69, 9.17) is 9.47 Å². The van der Waals surface area contributed by atoms with Gasteiger partial charge in [-0.3, -0.25) is 0 Å². The van der Waals surface area contributed by atoms with Gasteiger partial charge >= 0.3 is 0 Å². The Morgan fingerprint density at radius 3 is 2.62 bits per heavy atom. The molecule has 1 saturated heterocycles. The molecule has 16 heavy (non-hydrogen) atoms. The van der Waals surface area contributed by atoms with Gasteiger partial charge in [-0.15, -0.1) is 6.58 Å². The highest BCUT2D eigenvalue weighted by Crippen LogP contribution is 2.29. The third-order valence-corrected chi connectivity index (χ3v) is 3.20. The van der Waals surface area contributed by atoms with Gasteiger partial charge in [-0.05, 0) is 20.3 Å². The van der Waals surface area contributed by atoms with Crippen molar-refractivity contribution in [3.8, 4) is 0 Å². The van der Waals surface area contributed by atoms with Gasteiger partial charge in [0, 0.05) is 5.92 Å². The minimum absolute atomic E-state index is 0.203. The van der Waals surface area contributed by atoms with Crippen LogP contribution in [0.3, 0.4) is 0 Å². The van der Waals surface area contributed by atoms with Crippen LogP contribution in [0.1, 0.15) is 52.9 Å². The third-order valence-electron chi connectivity index (χ3n) is 3.20. The van der Waals surface area contributed by atoms with Gasteiger partial charge in [-0.25, -0.2) is 0 Å². The Bertz CT molecular complexity index is 211. The van der Waals surface area contributed by atoms with Gasteiger partial charge in [0.2, 0.25) is 0 Å².